The molecule has 35 heavy (non-hydrogen) atoms. The summed E-state index contributed by atoms with van der Waals surface area (Å²) in [7, 11) is 1.60. The molecule has 2 aliphatic rings. The fourth-order valence-corrected chi connectivity index (χ4v) is 4.89. The summed E-state index contributed by atoms with van der Waals surface area (Å²) >= 11 is 0. The standard InChI is InChI=1S/C26H27N7O2/c1-26(21-7-8-21,25-31-24(35-32-25)19-13-30-33(14-19)15-22(34)27-2)20-5-3-16(4-6-20)18-11-17-9-10-28-23(17)29-12-18/h3-6,11-14,21H,7-10,15H2,1-2H3,(H,27,34)(H,28,29)/t26-/m0/s1. The van der Waals surface area contributed by atoms with Gasteiger partial charge in [0.2, 0.25) is 5.91 Å². The fourth-order valence-electron chi connectivity index (χ4n) is 4.89. The lowest BCUT2D eigenvalue weighted by Crippen LogP contribution is -2.28. The molecule has 0 unspecified atom stereocenters. The van der Waals surface area contributed by atoms with Gasteiger partial charge in [-0.25, -0.2) is 4.98 Å². The molecule has 6 rings (SSSR count). The van der Waals surface area contributed by atoms with Crippen LogP contribution in [0.5, 0.6) is 0 Å². The van der Waals surface area contributed by atoms with Gasteiger partial charge in [0.25, 0.3) is 5.89 Å². The van der Waals surface area contributed by atoms with E-state index in [-0.39, 0.29) is 17.9 Å². The van der Waals surface area contributed by atoms with Crippen molar-refractivity contribution in [3.05, 3.63) is 65.9 Å². The van der Waals surface area contributed by atoms with Crippen LogP contribution in [-0.4, -0.2) is 44.4 Å². The number of hydrogen-bond donors (Lipinski definition) is 2. The first-order valence-corrected chi connectivity index (χ1v) is 12.0. The van der Waals surface area contributed by atoms with E-state index in [1.807, 2.05) is 6.20 Å². The highest BCUT2D eigenvalue weighted by Crippen LogP contribution is 2.50. The highest BCUT2D eigenvalue weighted by Gasteiger charge is 2.47. The summed E-state index contributed by atoms with van der Waals surface area (Å²) in [5.74, 6) is 2.42. The van der Waals surface area contributed by atoms with Gasteiger partial charge in [-0.05, 0) is 54.9 Å². The van der Waals surface area contributed by atoms with Crippen LogP contribution in [0.15, 0.2) is 53.4 Å². The summed E-state index contributed by atoms with van der Waals surface area (Å²) in [6, 6.07) is 10.9. The largest absolute Gasteiger partial charge is 0.370 e. The molecule has 4 heterocycles. The third-order valence-corrected chi connectivity index (χ3v) is 7.22. The predicted molar refractivity (Wildman–Crippen MR) is 131 cm³/mol. The Morgan fingerprint density at radius 1 is 1.20 bits per heavy atom. The van der Waals surface area contributed by atoms with Gasteiger partial charge in [-0.1, -0.05) is 29.4 Å². The van der Waals surface area contributed by atoms with Crippen LogP contribution >= 0.6 is 0 Å². The van der Waals surface area contributed by atoms with Crippen LogP contribution in [0.3, 0.4) is 0 Å². The number of carbonyl (C=O) groups is 1. The van der Waals surface area contributed by atoms with Crippen molar-refractivity contribution in [2.45, 2.75) is 38.1 Å². The second-order valence-electron chi connectivity index (χ2n) is 9.49. The lowest BCUT2D eigenvalue weighted by molar-refractivity contribution is -0.121. The number of likely N-dealkylation sites (N-methyl/N-ethyl adjacent to an activating group) is 1. The van der Waals surface area contributed by atoms with Crippen molar-refractivity contribution in [3.8, 4) is 22.6 Å². The number of nitrogens with one attached hydrogen (secondary N) is 2. The average Bonchev–Trinajstić information content (AvgIpc) is 3.25. The average molecular weight is 470 g/mol. The minimum absolute atomic E-state index is 0.122. The summed E-state index contributed by atoms with van der Waals surface area (Å²) < 4.78 is 7.20. The number of pyridine rings is 1. The smallest absolute Gasteiger partial charge is 0.261 e. The molecule has 0 bridgehead atoms. The third kappa shape index (κ3) is 3.86. The number of carbonyl (C=O) groups excluding carboxylic acids is 1. The minimum Gasteiger partial charge on any atom is -0.370 e. The summed E-state index contributed by atoms with van der Waals surface area (Å²) in [4.78, 5) is 21.0. The zero-order valence-electron chi connectivity index (χ0n) is 19.8. The van der Waals surface area contributed by atoms with E-state index in [1.54, 1.807) is 24.1 Å². The fraction of sp³-hybridized carbons (Fsp3) is 0.346. The Balaban J connectivity index is 1.28. The number of hydrogen-bond acceptors (Lipinski definition) is 7. The summed E-state index contributed by atoms with van der Waals surface area (Å²) in [6.07, 6.45) is 8.60. The quantitative estimate of drug-likeness (QED) is 0.427. The Labute approximate surface area is 203 Å². The molecule has 1 aliphatic carbocycles. The summed E-state index contributed by atoms with van der Waals surface area (Å²) in [6.45, 7) is 3.29. The van der Waals surface area contributed by atoms with Gasteiger partial charge in [0.15, 0.2) is 5.82 Å². The molecule has 178 valence electrons. The molecule has 4 aromatic rings. The normalized spacial score (nSPS) is 16.4. The Kier molecular flexibility index (Phi) is 5.12. The highest BCUT2D eigenvalue weighted by atomic mass is 16.5. The van der Waals surface area contributed by atoms with Gasteiger partial charge in [0.1, 0.15) is 12.4 Å². The van der Waals surface area contributed by atoms with Gasteiger partial charge in [-0.3, -0.25) is 9.48 Å². The Bertz CT molecular complexity index is 1390. The van der Waals surface area contributed by atoms with Crippen LogP contribution in [0.1, 0.15) is 36.7 Å². The van der Waals surface area contributed by atoms with Gasteiger partial charge in [0, 0.05) is 31.5 Å². The zero-order chi connectivity index (χ0) is 24.0. The molecule has 9 heteroatoms. The van der Waals surface area contributed by atoms with Gasteiger partial charge in [0.05, 0.1) is 17.2 Å². The monoisotopic (exact) mass is 469 g/mol. The number of nitrogens with zero attached hydrogens (tertiary/aromatic N) is 5. The van der Waals surface area contributed by atoms with Crippen molar-refractivity contribution in [3.63, 3.8) is 0 Å². The lowest BCUT2D eigenvalue weighted by atomic mass is 9.76. The first kappa shape index (κ1) is 21.5. The molecule has 0 saturated heterocycles. The first-order valence-electron chi connectivity index (χ1n) is 12.0. The lowest BCUT2D eigenvalue weighted by Gasteiger charge is -2.27. The van der Waals surface area contributed by atoms with E-state index in [4.69, 9.17) is 9.51 Å². The molecule has 9 nitrogen and oxygen atoms in total. The Morgan fingerprint density at radius 2 is 2.03 bits per heavy atom. The maximum Gasteiger partial charge on any atom is 0.261 e. The van der Waals surface area contributed by atoms with Crippen LogP contribution in [0, 0.1) is 5.92 Å². The number of rotatable bonds is 7. The molecule has 1 aliphatic heterocycles. The topological polar surface area (TPSA) is 111 Å². The molecule has 0 radical (unpaired) electrons. The number of aromatic nitrogens is 5. The second kappa shape index (κ2) is 8.33. The van der Waals surface area contributed by atoms with Crippen LogP contribution in [0.25, 0.3) is 22.6 Å². The Morgan fingerprint density at radius 3 is 2.80 bits per heavy atom. The second-order valence-corrected chi connectivity index (χ2v) is 9.49. The Hall–Kier alpha value is -4.01. The molecule has 1 aromatic carbocycles. The van der Waals surface area contributed by atoms with Crippen molar-refractivity contribution in [2.75, 3.05) is 18.9 Å². The van der Waals surface area contributed by atoms with E-state index in [0.29, 0.717) is 23.2 Å². The maximum atomic E-state index is 11.6. The van der Waals surface area contributed by atoms with E-state index < -0.39 is 0 Å². The van der Waals surface area contributed by atoms with Gasteiger partial charge >= 0.3 is 0 Å². The number of benzene rings is 1. The summed E-state index contributed by atoms with van der Waals surface area (Å²) in [5.41, 5.74) is 5.06. The third-order valence-electron chi connectivity index (χ3n) is 7.22. The number of fused-ring (bicyclic) bond motifs is 1. The van der Waals surface area contributed by atoms with Gasteiger partial charge in [-0.15, -0.1) is 0 Å². The molecular weight excluding hydrogens is 442 g/mol. The van der Waals surface area contributed by atoms with Crippen molar-refractivity contribution in [2.24, 2.45) is 5.92 Å². The van der Waals surface area contributed by atoms with Crippen molar-refractivity contribution in [1.82, 2.24) is 30.2 Å². The van der Waals surface area contributed by atoms with Crippen molar-refractivity contribution in [1.29, 1.82) is 0 Å². The molecule has 2 N–H and O–H groups in total. The first-order chi connectivity index (χ1) is 17.0. The molecule has 1 fully saturated rings. The van der Waals surface area contributed by atoms with E-state index in [1.165, 1.54) is 11.1 Å². The van der Waals surface area contributed by atoms with Gasteiger partial charge < -0.3 is 15.2 Å². The predicted octanol–water partition coefficient (Wildman–Crippen LogP) is 3.43. The molecule has 3 aromatic heterocycles. The van der Waals surface area contributed by atoms with Crippen molar-refractivity contribution >= 4 is 11.7 Å². The highest BCUT2D eigenvalue weighted by molar-refractivity contribution is 5.75. The maximum absolute atomic E-state index is 11.6. The molecule has 1 saturated carbocycles. The SMILES string of the molecule is CNC(=O)Cn1cc(-c2nc([C@@](C)(c3ccc(-c4cnc5c(c4)CCN5)cc3)C3CC3)no2)cn1. The van der Waals surface area contributed by atoms with Crippen LogP contribution in [0.4, 0.5) is 5.82 Å². The summed E-state index contributed by atoms with van der Waals surface area (Å²) in [5, 5.41) is 14.5. The van der Waals surface area contributed by atoms with Crippen molar-refractivity contribution < 1.29 is 9.32 Å². The molecule has 0 spiro atoms. The van der Waals surface area contributed by atoms with E-state index in [2.05, 4.69) is 63.1 Å². The molecule has 1 amide bonds. The molecular formula is C26H27N7O2. The van der Waals surface area contributed by atoms with Gasteiger partial charge in [-0.2, -0.15) is 10.1 Å². The zero-order valence-corrected chi connectivity index (χ0v) is 19.8. The number of anilines is 1. The van der Waals surface area contributed by atoms with E-state index >= 15 is 0 Å². The van der Waals surface area contributed by atoms with Crippen LogP contribution < -0.4 is 10.6 Å². The van der Waals surface area contributed by atoms with E-state index in [0.717, 1.165) is 42.8 Å². The van der Waals surface area contributed by atoms with Crippen LogP contribution in [0.2, 0.25) is 0 Å². The number of amides is 1. The molecule has 1 atom stereocenters. The minimum atomic E-state index is -0.349. The van der Waals surface area contributed by atoms with Crippen LogP contribution in [-0.2, 0) is 23.2 Å². The van der Waals surface area contributed by atoms with E-state index in [9.17, 15) is 4.79 Å².